The van der Waals surface area contributed by atoms with Gasteiger partial charge in [0.05, 0.1) is 10.6 Å². The van der Waals surface area contributed by atoms with Crippen LogP contribution in [0.2, 0.25) is 10.0 Å². The van der Waals surface area contributed by atoms with E-state index in [0.29, 0.717) is 27.8 Å². The number of hydrogen-bond acceptors (Lipinski definition) is 4. The summed E-state index contributed by atoms with van der Waals surface area (Å²) in [5.41, 5.74) is 2.80. The number of anilines is 1. The predicted octanol–water partition coefficient (Wildman–Crippen LogP) is 6.14. The van der Waals surface area contributed by atoms with Gasteiger partial charge in [0, 0.05) is 23.1 Å². The van der Waals surface area contributed by atoms with Crippen LogP contribution in [0, 0.1) is 13.8 Å². The third-order valence-electron chi connectivity index (χ3n) is 6.74. The Balaban J connectivity index is 2.03. The Kier molecular flexibility index (Phi) is 11.0. The quantitative estimate of drug-likeness (QED) is 0.252. The number of nitrogens with one attached hydrogen (secondary N) is 1. The van der Waals surface area contributed by atoms with Crippen molar-refractivity contribution in [2.75, 3.05) is 17.4 Å². The van der Waals surface area contributed by atoms with Crippen molar-refractivity contribution < 1.29 is 18.0 Å². The van der Waals surface area contributed by atoms with E-state index in [1.54, 1.807) is 55.5 Å². The maximum Gasteiger partial charge on any atom is 0.264 e. The molecule has 3 aromatic carbocycles. The molecule has 7 nitrogen and oxygen atoms in total. The molecular weight excluding hydrogens is 569 g/mol. The minimum Gasteiger partial charge on any atom is -0.354 e. The van der Waals surface area contributed by atoms with Gasteiger partial charge in [-0.25, -0.2) is 8.42 Å². The Morgan fingerprint density at radius 3 is 2.27 bits per heavy atom. The van der Waals surface area contributed by atoms with E-state index in [2.05, 4.69) is 5.32 Å². The zero-order valence-corrected chi connectivity index (χ0v) is 25.5. The van der Waals surface area contributed by atoms with Gasteiger partial charge < -0.3 is 10.2 Å². The fourth-order valence-electron chi connectivity index (χ4n) is 4.08. The second-order valence-corrected chi connectivity index (χ2v) is 12.4. The van der Waals surface area contributed by atoms with E-state index in [4.69, 9.17) is 23.2 Å². The second-order valence-electron chi connectivity index (χ2n) is 9.67. The van der Waals surface area contributed by atoms with Crippen molar-refractivity contribution in [3.8, 4) is 0 Å². The van der Waals surface area contributed by atoms with E-state index < -0.39 is 28.5 Å². The van der Waals surface area contributed by atoms with Crippen molar-refractivity contribution >= 4 is 50.7 Å². The first-order valence-electron chi connectivity index (χ1n) is 13.1. The molecule has 0 aliphatic carbocycles. The third-order valence-corrected chi connectivity index (χ3v) is 9.12. The highest BCUT2D eigenvalue weighted by atomic mass is 35.5. The molecule has 0 fully saturated rings. The molecule has 0 aliphatic heterocycles. The van der Waals surface area contributed by atoms with Crippen LogP contribution in [-0.4, -0.2) is 44.3 Å². The fourth-order valence-corrected chi connectivity index (χ4v) is 5.98. The van der Waals surface area contributed by atoms with Crippen molar-refractivity contribution in [3.63, 3.8) is 0 Å². The first kappa shape index (κ1) is 31.5. The summed E-state index contributed by atoms with van der Waals surface area (Å²) in [5, 5.41) is 3.64. The smallest absolute Gasteiger partial charge is 0.264 e. The number of sulfonamides is 1. The molecule has 0 saturated carbocycles. The molecule has 1 atom stereocenters. The Hall–Kier alpha value is -3.07. The van der Waals surface area contributed by atoms with Crippen LogP contribution in [-0.2, 0) is 26.2 Å². The minimum absolute atomic E-state index is 0.0106. The highest BCUT2D eigenvalue weighted by molar-refractivity contribution is 7.92. The summed E-state index contributed by atoms with van der Waals surface area (Å²) < 4.78 is 28.8. The topological polar surface area (TPSA) is 86.8 Å². The van der Waals surface area contributed by atoms with Gasteiger partial charge in [-0.3, -0.25) is 13.9 Å². The third kappa shape index (κ3) is 7.77. The van der Waals surface area contributed by atoms with E-state index in [1.165, 1.54) is 17.0 Å². The lowest BCUT2D eigenvalue weighted by Gasteiger charge is -2.32. The number of carbonyl (C=O) groups excluding carboxylic acids is 2. The second kappa shape index (κ2) is 14.0. The molecule has 0 aromatic heterocycles. The van der Waals surface area contributed by atoms with Gasteiger partial charge >= 0.3 is 0 Å². The lowest BCUT2D eigenvalue weighted by Crippen LogP contribution is -2.51. The summed E-state index contributed by atoms with van der Waals surface area (Å²) in [6.45, 7) is 7.39. The SMILES string of the molecule is CCCCNC(=O)[C@@H](C)N(Cc1ccc(Cl)cc1Cl)C(=O)CN(c1ccc(C)c(C)c1)S(=O)(=O)c1ccccc1. The summed E-state index contributed by atoms with van der Waals surface area (Å²) in [6.07, 6.45) is 1.70. The molecule has 214 valence electrons. The van der Waals surface area contributed by atoms with Gasteiger partial charge in [0.1, 0.15) is 12.6 Å². The number of unbranched alkanes of at least 4 members (excludes halogenated alkanes) is 1. The Bertz CT molecular complexity index is 1450. The van der Waals surface area contributed by atoms with Crippen molar-refractivity contribution in [1.82, 2.24) is 10.2 Å². The highest BCUT2D eigenvalue weighted by Crippen LogP contribution is 2.27. The van der Waals surface area contributed by atoms with Gasteiger partial charge in [-0.1, -0.05) is 66.9 Å². The molecular formula is C30H35Cl2N3O4S. The van der Waals surface area contributed by atoms with Crippen LogP contribution in [0.4, 0.5) is 5.69 Å². The van der Waals surface area contributed by atoms with Gasteiger partial charge in [-0.15, -0.1) is 0 Å². The number of hydrogen-bond donors (Lipinski definition) is 1. The number of amides is 2. The van der Waals surface area contributed by atoms with E-state index in [1.807, 2.05) is 26.8 Å². The standard InChI is InChI=1S/C30H35Cl2N3O4S/c1-5-6-16-33-30(37)23(4)34(19-24-13-14-25(31)18-28(24)32)29(36)20-35(26-15-12-21(2)22(3)17-26)40(38,39)27-10-8-7-9-11-27/h7-15,17-18,23H,5-6,16,19-20H2,1-4H3,(H,33,37)/t23-/m1/s1. The molecule has 10 heteroatoms. The van der Waals surface area contributed by atoms with E-state index >= 15 is 0 Å². The van der Waals surface area contributed by atoms with Crippen LogP contribution in [0.15, 0.2) is 71.6 Å². The average Bonchev–Trinajstić information content (AvgIpc) is 2.93. The summed E-state index contributed by atoms with van der Waals surface area (Å²) in [7, 11) is -4.12. The fraction of sp³-hybridized carbons (Fsp3) is 0.333. The van der Waals surface area contributed by atoms with Gasteiger partial charge in [-0.05, 0) is 80.3 Å². The number of carbonyl (C=O) groups is 2. The van der Waals surface area contributed by atoms with Gasteiger partial charge in [0.25, 0.3) is 10.0 Å². The highest BCUT2D eigenvalue weighted by Gasteiger charge is 2.32. The molecule has 0 aliphatic rings. The lowest BCUT2D eigenvalue weighted by molar-refractivity contribution is -0.139. The summed E-state index contributed by atoms with van der Waals surface area (Å²) >= 11 is 12.5. The zero-order chi connectivity index (χ0) is 29.4. The molecule has 3 aromatic rings. The number of nitrogens with zero attached hydrogens (tertiary/aromatic N) is 2. The normalized spacial score (nSPS) is 12.1. The minimum atomic E-state index is -4.12. The van der Waals surface area contributed by atoms with Crippen LogP contribution >= 0.6 is 23.2 Å². The first-order valence-corrected chi connectivity index (χ1v) is 15.3. The predicted molar refractivity (Wildman–Crippen MR) is 161 cm³/mol. The molecule has 40 heavy (non-hydrogen) atoms. The molecule has 0 radical (unpaired) electrons. The van der Waals surface area contributed by atoms with E-state index in [0.717, 1.165) is 28.3 Å². The lowest BCUT2D eigenvalue weighted by atomic mass is 10.1. The molecule has 0 unspecified atom stereocenters. The Labute approximate surface area is 247 Å². The zero-order valence-electron chi connectivity index (χ0n) is 23.2. The molecule has 0 spiro atoms. The van der Waals surface area contributed by atoms with Crippen molar-refractivity contribution in [3.05, 3.63) is 93.5 Å². The van der Waals surface area contributed by atoms with Gasteiger partial charge in [0.2, 0.25) is 11.8 Å². The first-order chi connectivity index (χ1) is 18.9. The molecule has 0 saturated heterocycles. The van der Waals surface area contributed by atoms with Crippen LogP contribution in [0.5, 0.6) is 0 Å². The molecule has 1 N–H and O–H groups in total. The maximum atomic E-state index is 14.0. The maximum absolute atomic E-state index is 14.0. The van der Waals surface area contributed by atoms with Crippen LogP contribution in [0.25, 0.3) is 0 Å². The number of benzene rings is 3. The number of rotatable bonds is 12. The average molecular weight is 605 g/mol. The summed E-state index contributed by atoms with van der Waals surface area (Å²) in [4.78, 5) is 28.5. The van der Waals surface area contributed by atoms with Crippen molar-refractivity contribution in [2.45, 2.75) is 58.0 Å². The number of halogens is 2. The number of aryl methyl sites for hydroxylation is 2. The van der Waals surface area contributed by atoms with E-state index in [-0.39, 0.29) is 17.3 Å². The monoisotopic (exact) mass is 603 g/mol. The van der Waals surface area contributed by atoms with Crippen molar-refractivity contribution in [2.24, 2.45) is 0 Å². The van der Waals surface area contributed by atoms with Crippen LogP contribution in [0.3, 0.4) is 0 Å². The molecule has 0 heterocycles. The van der Waals surface area contributed by atoms with Crippen LogP contribution < -0.4 is 9.62 Å². The Morgan fingerprint density at radius 1 is 0.950 bits per heavy atom. The van der Waals surface area contributed by atoms with Gasteiger partial charge in [-0.2, -0.15) is 0 Å². The molecule has 3 rings (SSSR count). The largest absolute Gasteiger partial charge is 0.354 e. The van der Waals surface area contributed by atoms with Crippen LogP contribution in [0.1, 0.15) is 43.4 Å². The molecule has 2 amide bonds. The summed E-state index contributed by atoms with van der Waals surface area (Å²) in [5.74, 6) is -0.891. The van der Waals surface area contributed by atoms with Gasteiger partial charge in [0.15, 0.2) is 0 Å². The molecule has 0 bridgehead atoms. The Morgan fingerprint density at radius 2 is 1.65 bits per heavy atom. The summed E-state index contributed by atoms with van der Waals surface area (Å²) in [6, 6.07) is 17.2. The van der Waals surface area contributed by atoms with E-state index in [9.17, 15) is 18.0 Å². The van der Waals surface area contributed by atoms with Crippen molar-refractivity contribution in [1.29, 1.82) is 0 Å².